The Balaban J connectivity index is 1.29. The minimum Gasteiger partial charge on any atom is -0.384 e. The lowest BCUT2D eigenvalue weighted by atomic mass is 10.0. The number of nitrogens with zero attached hydrogens (tertiary/aromatic N) is 5. The third-order valence-electron chi connectivity index (χ3n) is 6.82. The third-order valence-corrected chi connectivity index (χ3v) is 6.82. The summed E-state index contributed by atoms with van der Waals surface area (Å²) in [5, 5.41) is 11.3. The standard InChI is InChI=1S/C27H29F3N8O/c1-36-7-9-38(10-8-36)16-19-5-6-21(13-22(19)27(28,29)30)33-26(39)34-25-14-23(37(2)35-25)18-4-3-17-12-24(31)32-15-20(17)11-18/h3-6,11-15H,7-10,16H2,1-2H3,(H2,31,32)(H2,33,34,35,39). The number of aryl methyl sites for hydroxylation is 1. The number of nitrogen functional groups attached to an aromatic ring is 1. The van der Waals surface area contributed by atoms with Gasteiger partial charge >= 0.3 is 12.2 Å². The maximum absolute atomic E-state index is 13.9. The molecule has 12 heteroatoms. The van der Waals surface area contributed by atoms with Crippen LogP contribution < -0.4 is 16.4 Å². The third kappa shape index (κ3) is 6.13. The Hall–Kier alpha value is -4.16. The van der Waals surface area contributed by atoms with Crippen molar-refractivity contribution in [1.29, 1.82) is 0 Å². The van der Waals surface area contributed by atoms with E-state index in [1.165, 1.54) is 12.1 Å². The predicted molar refractivity (Wildman–Crippen MR) is 145 cm³/mol. The van der Waals surface area contributed by atoms with Crippen molar-refractivity contribution in [2.24, 2.45) is 7.05 Å². The molecule has 0 spiro atoms. The number of benzene rings is 2. The van der Waals surface area contributed by atoms with E-state index >= 15 is 0 Å². The number of pyridine rings is 1. The van der Waals surface area contributed by atoms with E-state index in [2.05, 4.69) is 25.6 Å². The number of halogens is 3. The van der Waals surface area contributed by atoms with Crippen molar-refractivity contribution in [2.45, 2.75) is 12.7 Å². The Bertz CT molecular complexity index is 1510. The second kappa shape index (κ2) is 10.5. The highest BCUT2D eigenvalue weighted by atomic mass is 19.4. The monoisotopic (exact) mass is 538 g/mol. The molecule has 0 atom stereocenters. The fraction of sp³-hybridized carbons (Fsp3) is 0.296. The average Bonchev–Trinajstić information content (AvgIpc) is 3.24. The molecule has 1 aliphatic heterocycles. The van der Waals surface area contributed by atoms with Crippen LogP contribution in [0.5, 0.6) is 0 Å². The summed E-state index contributed by atoms with van der Waals surface area (Å²) in [6, 6.07) is 12.4. The number of nitrogens with one attached hydrogen (secondary N) is 2. The smallest absolute Gasteiger partial charge is 0.384 e. The number of urea groups is 1. The molecule has 0 bridgehead atoms. The summed E-state index contributed by atoms with van der Waals surface area (Å²) in [6.07, 6.45) is -2.87. The number of piperazine rings is 1. The summed E-state index contributed by atoms with van der Waals surface area (Å²) in [7, 11) is 3.73. The second-order valence-corrected chi connectivity index (χ2v) is 9.74. The van der Waals surface area contributed by atoms with Gasteiger partial charge in [-0.2, -0.15) is 18.3 Å². The Kier molecular flexibility index (Phi) is 7.15. The number of hydrogen-bond acceptors (Lipinski definition) is 6. The number of amides is 2. The lowest BCUT2D eigenvalue weighted by Gasteiger charge is -2.33. The van der Waals surface area contributed by atoms with Crippen molar-refractivity contribution >= 4 is 34.1 Å². The van der Waals surface area contributed by atoms with Crippen LogP contribution in [0.4, 0.5) is 35.3 Å². The average molecular weight is 539 g/mol. The number of anilines is 3. The van der Waals surface area contributed by atoms with Crippen LogP contribution in [-0.2, 0) is 19.8 Å². The fourth-order valence-electron chi connectivity index (χ4n) is 4.70. The molecule has 204 valence electrons. The zero-order valence-corrected chi connectivity index (χ0v) is 21.6. The molecule has 4 N–H and O–H groups in total. The van der Waals surface area contributed by atoms with E-state index in [-0.39, 0.29) is 23.6 Å². The lowest BCUT2D eigenvalue weighted by molar-refractivity contribution is -0.138. The van der Waals surface area contributed by atoms with Crippen molar-refractivity contribution in [3.63, 3.8) is 0 Å². The van der Waals surface area contributed by atoms with Crippen LogP contribution in [0, 0.1) is 0 Å². The molecule has 5 rings (SSSR count). The van der Waals surface area contributed by atoms with Gasteiger partial charge in [0.25, 0.3) is 0 Å². The van der Waals surface area contributed by atoms with Gasteiger partial charge in [0.05, 0.1) is 11.3 Å². The van der Waals surface area contributed by atoms with Crippen molar-refractivity contribution in [2.75, 3.05) is 49.6 Å². The fourth-order valence-corrected chi connectivity index (χ4v) is 4.70. The molecule has 39 heavy (non-hydrogen) atoms. The zero-order valence-electron chi connectivity index (χ0n) is 21.6. The summed E-state index contributed by atoms with van der Waals surface area (Å²) in [6.45, 7) is 3.22. The number of likely N-dealkylation sites (N-methyl/N-ethyl adjacent to an activating group) is 1. The Labute approximate surface area is 223 Å². The van der Waals surface area contributed by atoms with Gasteiger partial charge in [-0.1, -0.05) is 18.2 Å². The molecule has 4 aromatic rings. The molecular formula is C27H29F3N8O. The van der Waals surface area contributed by atoms with Gasteiger partial charge in [0, 0.05) is 68.7 Å². The van der Waals surface area contributed by atoms with E-state index in [1.54, 1.807) is 30.1 Å². The first kappa shape index (κ1) is 26.4. The summed E-state index contributed by atoms with van der Waals surface area (Å²) in [5.41, 5.74) is 6.80. The van der Waals surface area contributed by atoms with Crippen LogP contribution in [-0.4, -0.2) is 63.8 Å². The van der Waals surface area contributed by atoms with Gasteiger partial charge in [-0.25, -0.2) is 9.78 Å². The molecule has 0 saturated carbocycles. The topological polar surface area (TPSA) is 104 Å². The summed E-state index contributed by atoms with van der Waals surface area (Å²) in [4.78, 5) is 20.9. The largest absolute Gasteiger partial charge is 0.416 e. The number of nitrogens with two attached hydrogens (primary N) is 1. The molecule has 2 amide bonds. The van der Waals surface area contributed by atoms with Crippen molar-refractivity contribution in [1.82, 2.24) is 24.6 Å². The van der Waals surface area contributed by atoms with Gasteiger partial charge in [0.15, 0.2) is 5.82 Å². The van der Waals surface area contributed by atoms with Crippen LogP contribution in [0.25, 0.3) is 22.0 Å². The van der Waals surface area contributed by atoms with Gasteiger partial charge in [-0.05, 0) is 42.3 Å². The number of rotatable bonds is 5. The van der Waals surface area contributed by atoms with E-state index in [9.17, 15) is 18.0 Å². The van der Waals surface area contributed by atoms with E-state index in [0.29, 0.717) is 18.9 Å². The van der Waals surface area contributed by atoms with Crippen LogP contribution >= 0.6 is 0 Å². The van der Waals surface area contributed by atoms with Crippen LogP contribution in [0.15, 0.2) is 54.7 Å². The molecule has 2 aromatic carbocycles. The SMILES string of the molecule is CN1CCN(Cc2ccc(NC(=O)Nc3cc(-c4ccc5cc(N)ncc5c4)n(C)n3)cc2C(F)(F)F)CC1. The first-order valence-electron chi connectivity index (χ1n) is 12.4. The minimum absolute atomic E-state index is 0.0411. The van der Waals surface area contributed by atoms with Crippen molar-refractivity contribution < 1.29 is 18.0 Å². The molecule has 1 fully saturated rings. The molecule has 0 unspecified atom stereocenters. The number of fused-ring (bicyclic) bond motifs is 1. The lowest BCUT2D eigenvalue weighted by Crippen LogP contribution is -2.44. The van der Waals surface area contributed by atoms with Gasteiger partial charge < -0.3 is 16.0 Å². The molecule has 9 nitrogen and oxygen atoms in total. The number of aromatic nitrogens is 3. The van der Waals surface area contributed by atoms with Crippen LogP contribution in [0.2, 0.25) is 0 Å². The van der Waals surface area contributed by atoms with Gasteiger partial charge in [0.1, 0.15) is 5.82 Å². The Morgan fingerprint density at radius 2 is 1.74 bits per heavy atom. The quantitative estimate of drug-likeness (QED) is 0.342. The van der Waals surface area contributed by atoms with Crippen LogP contribution in [0.1, 0.15) is 11.1 Å². The Morgan fingerprint density at radius 1 is 0.974 bits per heavy atom. The summed E-state index contributed by atoms with van der Waals surface area (Å²) >= 11 is 0. The maximum atomic E-state index is 13.9. The molecule has 0 aliphatic carbocycles. The highest BCUT2D eigenvalue weighted by Crippen LogP contribution is 2.35. The van der Waals surface area contributed by atoms with E-state index < -0.39 is 17.8 Å². The maximum Gasteiger partial charge on any atom is 0.416 e. The molecular weight excluding hydrogens is 509 g/mol. The van der Waals surface area contributed by atoms with E-state index in [0.717, 1.165) is 41.2 Å². The highest BCUT2D eigenvalue weighted by Gasteiger charge is 2.34. The molecule has 1 aliphatic rings. The minimum atomic E-state index is -4.55. The Morgan fingerprint density at radius 3 is 2.49 bits per heavy atom. The van der Waals surface area contributed by atoms with Crippen LogP contribution in [0.3, 0.4) is 0 Å². The van der Waals surface area contributed by atoms with Gasteiger partial charge in [0.2, 0.25) is 0 Å². The van der Waals surface area contributed by atoms with E-state index in [1.807, 2.05) is 30.1 Å². The predicted octanol–water partition coefficient (Wildman–Crippen LogP) is 4.63. The summed E-state index contributed by atoms with van der Waals surface area (Å²) < 4.78 is 43.2. The number of alkyl halides is 3. The zero-order chi connectivity index (χ0) is 27.7. The van der Waals surface area contributed by atoms with Gasteiger partial charge in [-0.3, -0.25) is 14.9 Å². The van der Waals surface area contributed by atoms with E-state index in [4.69, 9.17) is 5.73 Å². The first-order chi connectivity index (χ1) is 18.5. The number of carbonyl (C=O) groups is 1. The molecule has 0 radical (unpaired) electrons. The number of hydrogen-bond donors (Lipinski definition) is 3. The molecule has 3 heterocycles. The second-order valence-electron chi connectivity index (χ2n) is 9.74. The highest BCUT2D eigenvalue weighted by molar-refractivity contribution is 5.99. The summed E-state index contributed by atoms with van der Waals surface area (Å²) in [5.74, 6) is 0.684. The van der Waals surface area contributed by atoms with Gasteiger partial charge in [-0.15, -0.1) is 0 Å². The van der Waals surface area contributed by atoms with Crippen molar-refractivity contribution in [3.05, 3.63) is 65.9 Å². The number of carbonyl (C=O) groups excluding carboxylic acids is 1. The normalized spacial score (nSPS) is 15.0. The van der Waals surface area contributed by atoms with Crippen molar-refractivity contribution in [3.8, 4) is 11.3 Å². The first-order valence-corrected chi connectivity index (χ1v) is 12.4. The molecule has 2 aromatic heterocycles. The molecule has 1 saturated heterocycles.